The molecule has 146 valence electrons. The van der Waals surface area contributed by atoms with Crippen molar-refractivity contribution in [3.8, 4) is 0 Å². The van der Waals surface area contributed by atoms with E-state index in [1.165, 1.54) is 16.7 Å². The predicted octanol–water partition coefficient (Wildman–Crippen LogP) is 3.34. The van der Waals surface area contributed by atoms with Gasteiger partial charge >= 0.3 is 0 Å². The predicted molar refractivity (Wildman–Crippen MR) is 110 cm³/mol. The van der Waals surface area contributed by atoms with Gasteiger partial charge in [0.25, 0.3) is 0 Å². The number of nitrogens with zero attached hydrogens (tertiary/aromatic N) is 4. The summed E-state index contributed by atoms with van der Waals surface area (Å²) in [5.74, 6) is 1.49. The molecule has 0 unspecified atom stereocenters. The number of hydrogen-bond acceptors (Lipinski definition) is 5. The van der Waals surface area contributed by atoms with Crippen LogP contribution in [-0.2, 0) is 32.4 Å². The van der Waals surface area contributed by atoms with E-state index in [1.54, 1.807) is 0 Å². The van der Waals surface area contributed by atoms with Crippen molar-refractivity contribution in [1.82, 2.24) is 19.9 Å². The molecule has 0 N–H and O–H groups in total. The lowest BCUT2D eigenvalue weighted by atomic mass is 10.00. The summed E-state index contributed by atoms with van der Waals surface area (Å²) >= 11 is 0. The summed E-state index contributed by atoms with van der Waals surface area (Å²) < 4.78 is 5.45. The smallest absolute Gasteiger partial charge is 0.240 e. The third-order valence-corrected chi connectivity index (χ3v) is 5.40. The first-order chi connectivity index (χ1) is 13.8. The average molecular weight is 377 g/mol. The highest BCUT2D eigenvalue weighted by Gasteiger charge is 2.16. The number of hydrogen-bond donors (Lipinski definition) is 0. The highest BCUT2D eigenvalue weighted by atomic mass is 16.5. The Kier molecular flexibility index (Phi) is 6.14. The zero-order valence-corrected chi connectivity index (χ0v) is 16.6. The van der Waals surface area contributed by atoms with E-state index < -0.39 is 0 Å². The highest BCUT2D eigenvalue weighted by Crippen LogP contribution is 2.18. The molecule has 2 aromatic carbocycles. The summed E-state index contributed by atoms with van der Waals surface area (Å²) in [6, 6.07) is 19.2. The number of aryl methyl sites for hydroxylation is 2. The quantitative estimate of drug-likeness (QED) is 0.603. The normalized spacial score (nSPS) is 14.4. The van der Waals surface area contributed by atoms with Crippen LogP contribution in [0.4, 0.5) is 0 Å². The number of fused-ring (bicyclic) bond motifs is 1. The number of likely N-dealkylation sites (N-methyl/N-ethyl adjacent to an activating group) is 1. The molecule has 1 aromatic heterocycles. The van der Waals surface area contributed by atoms with Crippen molar-refractivity contribution in [2.24, 2.45) is 0 Å². The highest BCUT2D eigenvalue weighted by molar-refractivity contribution is 5.29. The zero-order valence-electron chi connectivity index (χ0n) is 16.6. The Balaban J connectivity index is 1.21. The molecule has 2 heterocycles. The van der Waals surface area contributed by atoms with Crippen molar-refractivity contribution in [1.29, 1.82) is 0 Å². The molecule has 0 amide bonds. The first kappa shape index (κ1) is 18.8. The van der Waals surface area contributed by atoms with E-state index in [0.29, 0.717) is 12.4 Å². The average Bonchev–Trinajstić information content (AvgIpc) is 3.18. The summed E-state index contributed by atoms with van der Waals surface area (Å²) in [5, 5.41) is 4.14. The van der Waals surface area contributed by atoms with Crippen molar-refractivity contribution in [3.05, 3.63) is 83.0 Å². The molecule has 0 aliphatic carbocycles. The van der Waals surface area contributed by atoms with Gasteiger partial charge in [-0.2, -0.15) is 4.98 Å². The van der Waals surface area contributed by atoms with Crippen molar-refractivity contribution < 1.29 is 4.52 Å². The zero-order chi connectivity index (χ0) is 19.2. The molecule has 28 heavy (non-hydrogen) atoms. The fraction of sp³-hybridized carbons (Fsp3) is 0.391. The molecule has 0 fully saturated rings. The molecule has 0 bridgehead atoms. The van der Waals surface area contributed by atoms with Gasteiger partial charge in [0.05, 0.1) is 6.54 Å². The van der Waals surface area contributed by atoms with Crippen molar-refractivity contribution in [3.63, 3.8) is 0 Å². The van der Waals surface area contributed by atoms with Gasteiger partial charge < -0.3 is 4.52 Å². The molecule has 5 nitrogen and oxygen atoms in total. The van der Waals surface area contributed by atoms with Crippen molar-refractivity contribution >= 4 is 0 Å². The fourth-order valence-electron chi connectivity index (χ4n) is 3.72. The Morgan fingerprint density at radius 2 is 1.79 bits per heavy atom. The van der Waals surface area contributed by atoms with Gasteiger partial charge in [0.2, 0.25) is 5.89 Å². The van der Waals surface area contributed by atoms with E-state index in [4.69, 9.17) is 4.52 Å². The van der Waals surface area contributed by atoms with E-state index >= 15 is 0 Å². The largest absolute Gasteiger partial charge is 0.338 e. The maximum absolute atomic E-state index is 5.45. The van der Waals surface area contributed by atoms with Gasteiger partial charge in [-0.3, -0.25) is 9.80 Å². The first-order valence-corrected chi connectivity index (χ1v) is 10.1. The minimum absolute atomic E-state index is 0.697. The van der Waals surface area contributed by atoms with Crippen molar-refractivity contribution in [2.45, 2.75) is 32.4 Å². The van der Waals surface area contributed by atoms with E-state index in [2.05, 4.69) is 75.5 Å². The summed E-state index contributed by atoms with van der Waals surface area (Å²) in [5.41, 5.74) is 4.27. The lowest BCUT2D eigenvalue weighted by Gasteiger charge is -2.30. The number of rotatable bonds is 8. The van der Waals surface area contributed by atoms with Crippen LogP contribution in [0.2, 0.25) is 0 Å². The topological polar surface area (TPSA) is 45.4 Å². The minimum Gasteiger partial charge on any atom is -0.338 e. The molecule has 0 spiro atoms. The molecule has 0 saturated carbocycles. The summed E-state index contributed by atoms with van der Waals surface area (Å²) in [6.45, 7) is 4.93. The lowest BCUT2D eigenvalue weighted by Crippen LogP contribution is -2.36. The van der Waals surface area contributed by atoms with Gasteiger partial charge in [0.15, 0.2) is 5.82 Å². The Labute approximate surface area is 167 Å². The third kappa shape index (κ3) is 5.06. The van der Waals surface area contributed by atoms with Gasteiger partial charge in [-0.25, -0.2) is 0 Å². The molecule has 5 heteroatoms. The minimum atomic E-state index is 0.697. The van der Waals surface area contributed by atoms with Crippen LogP contribution < -0.4 is 0 Å². The van der Waals surface area contributed by atoms with Gasteiger partial charge in [-0.1, -0.05) is 59.8 Å². The molecule has 4 rings (SSSR count). The second kappa shape index (κ2) is 9.13. The van der Waals surface area contributed by atoms with Gasteiger partial charge in [0, 0.05) is 32.6 Å². The molecular weight excluding hydrogens is 348 g/mol. The maximum atomic E-state index is 5.45. The monoisotopic (exact) mass is 376 g/mol. The molecule has 3 aromatic rings. The molecule has 0 radical (unpaired) electrons. The molecule has 0 saturated heterocycles. The molecule has 0 atom stereocenters. The van der Waals surface area contributed by atoms with Gasteiger partial charge in [-0.05, 0) is 36.6 Å². The fourth-order valence-corrected chi connectivity index (χ4v) is 3.72. The van der Waals surface area contributed by atoms with Crippen LogP contribution in [0.3, 0.4) is 0 Å². The second-order valence-corrected chi connectivity index (χ2v) is 7.62. The van der Waals surface area contributed by atoms with Crippen molar-refractivity contribution in [2.75, 3.05) is 26.7 Å². The molecule has 1 aliphatic heterocycles. The number of aromatic nitrogens is 2. The van der Waals surface area contributed by atoms with Crippen LogP contribution in [0, 0.1) is 0 Å². The Morgan fingerprint density at radius 3 is 2.64 bits per heavy atom. The summed E-state index contributed by atoms with van der Waals surface area (Å²) in [6.07, 6.45) is 2.89. The third-order valence-electron chi connectivity index (χ3n) is 5.40. The SMILES string of the molecule is CN(CCN1CCc2ccccc2C1)Cc1nc(CCc2ccccc2)no1. The Morgan fingerprint density at radius 1 is 1.00 bits per heavy atom. The van der Waals surface area contributed by atoms with Crippen LogP contribution in [-0.4, -0.2) is 46.6 Å². The first-order valence-electron chi connectivity index (χ1n) is 10.1. The van der Waals surface area contributed by atoms with E-state index in [-0.39, 0.29) is 0 Å². The molecule has 1 aliphatic rings. The van der Waals surface area contributed by atoms with Gasteiger partial charge in [-0.15, -0.1) is 0 Å². The van der Waals surface area contributed by atoms with E-state index in [0.717, 1.165) is 51.3 Å². The summed E-state index contributed by atoms with van der Waals surface area (Å²) in [4.78, 5) is 9.34. The molecular formula is C23H28N4O. The van der Waals surface area contributed by atoms with E-state index in [1.807, 2.05) is 6.07 Å². The summed E-state index contributed by atoms with van der Waals surface area (Å²) in [7, 11) is 2.12. The van der Waals surface area contributed by atoms with Crippen LogP contribution in [0.1, 0.15) is 28.4 Å². The van der Waals surface area contributed by atoms with Crippen LogP contribution in [0.15, 0.2) is 59.1 Å². The van der Waals surface area contributed by atoms with Gasteiger partial charge in [0.1, 0.15) is 0 Å². The van der Waals surface area contributed by atoms with Crippen LogP contribution in [0.5, 0.6) is 0 Å². The van der Waals surface area contributed by atoms with Crippen LogP contribution >= 0.6 is 0 Å². The standard InChI is InChI=1S/C23H28N4O/c1-26(15-16-27-14-13-20-9-5-6-10-21(20)17-27)18-23-24-22(25-28-23)12-11-19-7-3-2-4-8-19/h2-10H,11-18H2,1H3. The Hall–Kier alpha value is -2.50. The maximum Gasteiger partial charge on any atom is 0.240 e. The number of benzene rings is 2. The lowest BCUT2D eigenvalue weighted by molar-refractivity contribution is 0.196. The second-order valence-electron chi connectivity index (χ2n) is 7.62. The Bertz CT molecular complexity index is 877. The van der Waals surface area contributed by atoms with E-state index in [9.17, 15) is 0 Å². The van der Waals surface area contributed by atoms with Crippen LogP contribution in [0.25, 0.3) is 0 Å².